The third-order valence-electron chi connectivity index (χ3n) is 5.61. The van der Waals surface area contributed by atoms with Gasteiger partial charge in [0.15, 0.2) is 0 Å². The molecule has 0 bridgehead atoms. The van der Waals surface area contributed by atoms with Crippen LogP contribution in [0.5, 0.6) is 0 Å². The molecule has 1 heteroatoms. The maximum absolute atomic E-state index is 4.75. The quantitative estimate of drug-likeness (QED) is 0.300. The van der Waals surface area contributed by atoms with E-state index in [4.69, 9.17) is 4.98 Å². The van der Waals surface area contributed by atoms with Gasteiger partial charge in [0.25, 0.3) is 0 Å². The molecule has 0 atom stereocenters. The Balaban J connectivity index is 1.70. The molecule has 0 fully saturated rings. The fraction of sp³-hybridized carbons (Fsp3) is 0.0741. The Morgan fingerprint density at radius 3 is 2.21 bits per heavy atom. The third kappa shape index (κ3) is 2.68. The van der Waals surface area contributed by atoms with E-state index in [0.29, 0.717) is 0 Å². The van der Waals surface area contributed by atoms with E-state index in [0.717, 1.165) is 11.3 Å². The van der Waals surface area contributed by atoms with Crippen molar-refractivity contribution in [2.24, 2.45) is 0 Å². The normalized spacial score (nSPS) is 11.2. The van der Waals surface area contributed by atoms with E-state index >= 15 is 0 Å². The van der Waals surface area contributed by atoms with Crippen molar-refractivity contribution in [3.63, 3.8) is 0 Å². The zero-order valence-corrected chi connectivity index (χ0v) is 16.1. The Labute approximate surface area is 165 Å². The summed E-state index contributed by atoms with van der Waals surface area (Å²) in [5.74, 6) is 0. The molecular weight excluding hydrogens is 338 g/mol. The zero-order chi connectivity index (χ0) is 19.1. The molecule has 0 saturated carbocycles. The summed E-state index contributed by atoms with van der Waals surface area (Å²) in [6, 6.07) is 30.3. The van der Waals surface area contributed by atoms with Crippen LogP contribution in [-0.4, -0.2) is 4.98 Å². The van der Waals surface area contributed by atoms with Crippen LogP contribution < -0.4 is 0 Å². The Kier molecular flexibility index (Phi) is 3.95. The van der Waals surface area contributed by atoms with Crippen LogP contribution in [0.1, 0.15) is 11.1 Å². The monoisotopic (exact) mass is 359 g/mol. The minimum atomic E-state index is 1.04. The molecule has 134 valence electrons. The van der Waals surface area contributed by atoms with Gasteiger partial charge < -0.3 is 0 Å². The van der Waals surface area contributed by atoms with Crippen molar-refractivity contribution < 1.29 is 0 Å². The van der Waals surface area contributed by atoms with Crippen LogP contribution in [-0.2, 0) is 0 Å². The van der Waals surface area contributed by atoms with E-state index in [1.807, 2.05) is 6.20 Å². The number of aryl methyl sites for hydroxylation is 2. The number of benzene rings is 4. The van der Waals surface area contributed by atoms with Gasteiger partial charge in [0, 0.05) is 17.1 Å². The Morgan fingerprint density at radius 1 is 0.571 bits per heavy atom. The van der Waals surface area contributed by atoms with E-state index in [1.54, 1.807) is 0 Å². The molecule has 0 N–H and O–H groups in total. The van der Waals surface area contributed by atoms with Crippen molar-refractivity contribution in [1.29, 1.82) is 0 Å². The lowest BCUT2D eigenvalue weighted by molar-refractivity contribution is 1.34. The van der Waals surface area contributed by atoms with Gasteiger partial charge in [-0.1, -0.05) is 72.8 Å². The summed E-state index contributed by atoms with van der Waals surface area (Å²) in [7, 11) is 0. The number of rotatable bonds is 2. The predicted octanol–water partition coefficient (Wildman–Crippen LogP) is 7.34. The van der Waals surface area contributed by atoms with E-state index in [1.165, 1.54) is 43.8 Å². The number of pyridine rings is 1. The summed E-state index contributed by atoms with van der Waals surface area (Å²) in [4.78, 5) is 4.75. The van der Waals surface area contributed by atoms with Gasteiger partial charge in [-0.25, -0.2) is 0 Å². The van der Waals surface area contributed by atoms with Gasteiger partial charge in [0.1, 0.15) is 0 Å². The van der Waals surface area contributed by atoms with Gasteiger partial charge in [-0.15, -0.1) is 0 Å². The van der Waals surface area contributed by atoms with Gasteiger partial charge in [0.2, 0.25) is 0 Å². The maximum atomic E-state index is 4.75. The van der Waals surface area contributed by atoms with Gasteiger partial charge >= 0.3 is 0 Å². The van der Waals surface area contributed by atoms with Crippen LogP contribution in [0.25, 0.3) is 43.9 Å². The number of nitrogens with zero attached hydrogens (tertiary/aromatic N) is 1. The topological polar surface area (TPSA) is 12.9 Å². The van der Waals surface area contributed by atoms with Crippen molar-refractivity contribution in [1.82, 2.24) is 4.98 Å². The first-order valence-electron chi connectivity index (χ1n) is 9.66. The molecule has 0 aliphatic rings. The molecule has 0 amide bonds. The van der Waals surface area contributed by atoms with Gasteiger partial charge in [-0.3, -0.25) is 4.98 Å². The van der Waals surface area contributed by atoms with Crippen LogP contribution in [0, 0.1) is 13.8 Å². The summed E-state index contributed by atoms with van der Waals surface area (Å²) in [6.07, 6.45) is 1.93. The lowest BCUT2D eigenvalue weighted by Crippen LogP contribution is -1.91. The largest absolute Gasteiger partial charge is 0.256 e. The summed E-state index contributed by atoms with van der Waals surface area (Å²) in [5.41, 5.74) is 7.36. The molecule has 1 nitrogen and oxygen atoms in total. The van der Waals surface area contributed by atoms with Crippen molar-refractivity contribution in [2.45, 2.75) is 13.8 Å². The summed E-state index contributed by atoms with van der Waals surface area (Å²) < 4.78 is 0. The first-order valence-corrected chi connectivity index (χ1v) is 9.66. The molecule has 0 saturated heterocycles. The molecular formula is C27H21N. The smallest absolute Gasteiger partial charge is 0.0780 e. The molecule has 1 heterocycles. The minimum absolute atomic E-state index is 1.04. The molecule has 5 rings (SSSR count). The van der Waals surface area contributed by atoms with Crippen molar-refractivity contribution >= 4 is 21.5 Å². The highest BCUT2D eigenvalue weighted by atomic mass is 14.7. The average Bonchev–Trinajstić information content (AvgIpc) is 2.74. The van der Waals surface area contributed by atoms with E-state index in [2.05, 4.69) is 98.8 Å². The Bertz CT molecular complexity index is 1330. The van der Waals surface area contributed by atoms with Crippen molar-refractivity contribution in [2.75, 3.05) is 0 Å². The van der Waals surface area contributed by atoms with Gasteiger partial charge in [-0.2, -0.15) is 0 Å². The predicted molar refractivity (Wildman–Crippen MR) is 120 cm³/mol. The number of hydrogen-bond donors (Lipinski definition) is 0. The van der Waals surface area contributed by atoms with Gasteiger partial charge in [0.05, 0.1) is 5.69 Å². The molecule has 4 aromatic carbocycles. The molecule has 0 aliphatic carbocycles. The first-order chi connectivity index (χ1) is 13.7. The highest BCUT2D eigenvalue weighted by Gasteiger charge is 2.11. The van der Waals surface area contributed by atoms with E-state index < -0.39 is 0 Å². The molecule has 1 aromatic heterocycles. The zero-order valence-electron chi connectivity index (χ0n) is 16.1. The molecule has 0 unspecified atom stereocenters. The van der Waals surface area contributed by atoms with Crippen LogP contribution in [0.2, 0.25) is 0 Å². The molecule has 28 heavy (non-hydrogen) atoms. The molecule has 0 spiro atoms. The maximum Gasteiger partial charge on any atom is 0.0780 e. The van der Waals surface area contributed by atoms with E-state index in [9.17, 15) is 0 Å². The van der Waals surface area contributed by atoms with Crippen LogP contribution >= 0.6 is 0 Å². The second-order valence-electron chi connectivity index (χ2n) is 7.39. The fourth-order valence-corrected chi connectivity index (χ4v) is 4.16. The highest BCUT2D eigenvalue weighted by molar-refractivity contribution is 6.11. The molecule has 0 aliphatic heterocycles. The first kappa shape index (κ1) is 16.7. The number of hydrogen-bond acceptors (Lipinski definition) is 1. The lowest BCUT2D eigenvalue weighted by Gasteiger charge is -2.13. The highest BCUT2D eigenvalue weighted by Crippen LogP contribution is 2.34. The van der Waals surface area contributed by atoms with Gasteiger partial charge in [-0.05, 0) is 64.4 Å². The molecule has 0 radical (unpaired) electrons. The van der Waals surface area contributed by atoms with Crippen molar-refractivity contribution in [3.05, 3.63) is 102 Å². The summed E-state index contributed by atoms with van der Waals surface area (Å²) in [5, 5.41) is 4.99. The lowest BCUT2D eigenvalue weighted by atomic mass is 9.93. The Morgan fingerprint density at radius 2 is 1.36 bits per heavy atom. The van der Waals surface area contributed by atoms with Crippen LogP contribution in [0.4, 0.5) is 0 Å². The SMILES string of the molecule is Cc1ccccc1-c1ccc(-c2nccc3c2ccc2ccccc23)cc1C. The fourth-order valence-electron chi connectivity index (χ4n) is 4.16. The number of fused-ring (bicyclic) bond motifs is 3. The second kappa shape index (κ2) is 6.61. The average molecular weight is 359 g/mol. The second-order valence-corrected chi connectivity index (χ2v) is 7.39. The standard InChI is InChI=1S/C27H21N/c1-18-7-3-5-9-22(18)23-13-12-21(17-19(23)2)27-26-14-11-20-8-4-6-10-24(20)25(26)15-16-28-27/h3-17H,1-2H3. The van der Waals surface area contributed by atoms with Crippen molar-refractivity contribution in [3.8, 4) is 22.4 Å². The summed E-state index contributed by atoms with van der Waals surface area (Å²) >= 11 is 0. The Hall–Kier alpha value is -3.45. The molecule has 5 aromatic rings. The van der Waals surface area contributed by atoms with E-state index in [-0.39, 0.29) is 0 Å². The summed E-state index contributed by atoms with van der Waals surface area (Å²) in [6.45, 7) is 4.35. The van der Waals surface area contributed by atoms with Crippen LogP contribution in [0.15, 0.2) is 91.1 Å². The third-order valence-corrected chi connectivity index (χ3v) is 5.61. The number of aromatic nitrogens is 1. The minimum Gasteiger partial charge on any atom is -0.256 e. The van der Waals surface area contributed by atoms with Crippen LogP contribution in [0.3, 0.4) is 0 Å².